The fourth-order valence-electron chi connectivity index (χ4n) is 8.91. The van der Waals surface area contributed by atoms with Crippen LogP contribution in [-0.2, 0) is 24.2 Å². The molecule has 5 aliphatic carbocycles. The molecule has 4 bridgehead atoms. The molecule has 0 saturated heterocycles. The second kappa shape index (κ2) is 12.5. The minimum absolute atomic E-state index is 0.505. The van der Waals surface area contributed by atoms with Crippen molar-refractivity contribution in [2.75, 3.05) is 0 Å². The fourth-order valence-corrected chi connectivity index (χ4v) is 9.32. The van der Waals surface area contributed by atoms with E-state index in [1.165, 1.54) is 108 Å². The van der Waals surface area contributed by atoms with Gasteiger partial charge in [-0.1, -0.05) is 59.6 Å². The van der Waals surface area contributed by atoms with Crippen LogP contribution in [0.15, 0.2) is 72.3 Å². The van der Waals surface area contributed by atoms with Crippen LogP contribution < -0.4 is 0 Å². The van der Waals surface area contributed by atoms with Gasteiger partial charge in [0.1, 0.15) is 0 Å². The SMILES string of the molecule is CC1[C-]=CC(C2(C)C3CC4CC(C3)CC2C4)=C1.C[C](=[Zr+2])c1ccc(C)cc1.Cc1cc2[cH-]c3cc(C)c(C)cc3c2cc1C. The molecule has 1 heteroatoms. The smallest absolute Gasteiger partial charge is 0.0408 e. The van der Waals surface area contributed by atoms with Crippen LogP contribution in [0.4, 0.5) is 0 Å². The Labute approximate surface area is 281 Å². The van der Waals surface area contributed by atoms with Gasteiger partial charge in [-0.2, -0.15) is 11.6 Å². The van der Waals surface area contributed by atoms with Crippen LogP contribution in [0.2, 0.25) is 0 Å². The summed E-state index contributed by atoms with van der Waals surface area (Å²) in [5.41, 5.74) is 10.4. The number of fused-ring (bicyclic) bond motifs is 3. The molecule has 0 aliphatic heterocycles. The molecule has 0 nitrogen and oxygen atoms in total. The fraction of sp³-hybridized carbons (Fsp3) is 0.442. The van der Waals surface area contributed by atoms with Gasteiger partial charge in [-0.05, 0) is 83.5 Å². The summed E-state index contributed by atoms with van der Waals surface area (Å²) in [6.45, 7) is 17.9. The van der Waals surface area contributed by atoms with Gasteiger partial charge in [-0.3, -0.25) is 6.08 Å². The van der Waals surface area contributed by atoms with Crippen LogP contribution in [0.3, 0.4) is 0 Å². The first-order valence-electron chi connectivity index (χ1n) is 16.9. The van der Waals surface area contributed by atoms with Crippen molar-refractivity contribution in [2.24, 2.45) is 35.0 Å². The monoisotopic (exact) mass is 656 g/mol. The third kappa shape index (κ3) is 6.13. The molecular formula is C43H50Zr. The Morgan fingerprint density at radius 1 is 0.750 bits per heavy atom. The van der Waals surface area contributed by atoms with Crippen LogP contribution in [0, 0.1) is 75.7 Å². The first kappa shape index (κ1) is 31.7. The van der Waals surface area contributed by atoms with Crippen molar-refractivity contribution in [2.45, 2.75) is 87.5 Å². The standard InChI is InChI=1S/C17H23.C17H17.C9H10.Zr/c1-11-3-4-14(5-11)17(2)15-7-12-6-13(9-15)10-16(17)8-12;1-10-5-14-9-15-6-11(2)13(4)8-17(15)16(14)7-12(10)3;1-3-9-6-4-8(2)5-7-9;/h4-5,11-13,15-16H,6-10H2,1-2H3;5-9H,1-4H3;4-7H,1-2H3;/q2*-1;;+2. The maximum atomic E-state index is 3.49. The van der Waals surface area contributed by atoms with Crippen molar-refractivity contribution < 1.29 is 24.2 Å². The van der Waals surface area contributed by atoms with Gasteiger partial charge < -0.3 is 0 Å². The number of hydrogen-bond acceptors (Lipinski definition) is 0. The zero-order valence-electron chi connectivity index (χ0n) is 28.3. The van der Waals surface area contributed by atoms with Gasteiger partial charge in [0, 0.05) is 0 Å². The Hall–Kier alpha value is -2.24. The predicted molar refractivity (Wildman–Crippen MR) is 187 cm³/mol. The number of allylic oxidation sites excluding steroid dienone is 4. The summed E-state index contributed by atoms with van der Waals surface area (Å²) in [7, 11) is 0. The van der Waals surface area contributed by atoms with Crippen molar-refractivity contribution in [1.29, 1.82) is 0 Å². The van der Waals surface area contributed by atoms with Crippen molar-refractivity contribution in [3.05, 3.63) is 112 Å². The molecule has 4 aromatic carbocycles. The zero-order chi connectivity index (χ0) is 31.3. The van der Waals surface area contributed by atoms with Gasteiger partial charge >= 0.3 is 76.7 Å². The molecule has 9 rings (SSSR count). The number of hydrogen-bond donors (Lipinski definition) is 0. The molecule has 1 atom stereocenters. The zero-order valence-corrected chi connectivity index (χ0v) is 30.7. The molecule has 0 aromatic heterocycles. The Bertz CT molecular complexity index is 1660. The molecule has 0 spiro atoms. The van der Waals surface area contributed by atoms with E-state index < -0.39 is 0 Å². The summed E-state index contributed by atoms with van der Waals surface area (Å²) in [5, 5.41) is 5.53. The molecule has 44 heavy (non-hydrogen) atoms. The molecule has 1 unspecified atom stereocenters. The summed E-state index contributed by atoms with van der Waals surface area (Å²) >= 11 is 1.51. The quantitative estimate of drug-likeness (QED) is 0.188. The molecule has 4 fully saturated rings. The van der Waals surface area contributed by atoms with Gasteiger partial charge in [0.2, 0.25) is 0 Å². The maximum absolute atomic E-state index is 3.49. The summed E-state index contributed by atoms with van der Waals surface area (Å²) in [6.07, 6.45) is 15.9. The summed E-state index contributed by atoms with van der Waals surface area (Å²) < 4.78 is 1.46. The van der Waals surface area contributed by atoms with Crippen molar-refractivity contribution in [3.63, 3.8) is 0 Å². The predicted octanol–water partition coefficient (Wildman–Crippen LogP) is 11.4. The minimum atomic E-state index is 0.505. The Kier molecular flexibility index (Phi) is 9.03. The second-order valence-electron chi connectivity index (χ2n) is 15.0. The first-order valence-corrected chi connectivity index (χ1v) is 18.2. The molecule has 0 radical (unpaired) electrons. The van der Waals surface area contributed by atoms with E-state index in [0.717, 1.165) is 23.7 Å². The van der Waals surface area contributed by atoms with E-state index in [1.54, 1.807) is 12.0 Å². The van der Waals surface area contributed by atoms with Gasteiger partial charge in [0.25, 0.3) is 0 Å². The van der Waals surface area contributed by atoms with Crippen LogP contribution in [0.5, 0.6) is 0 Å². The van der Waals surface area contributed by atoms with Crippen molar-refractivity contribution in [1.82, 2.24) is 0 Å². The average molecular weight is 658 g/mol. The van der Waals surface area contributed by atoms with E-state index in [0.29, 0.717) is 11.3 Å². The van der Waals surface area contributed by atoms with Crippen LogP contribution in [-0.4, -0.2) is 3.21 Å². The molecule has 0 amide bonds. The number of rotatable bonds is 2. The molecule has 0 heterocycles. The van der Waals surface area contributed by atoms with Gasteiger partial charge in [0.05, 0.1) is 0 Å². The van der Waals surface area contributed by atoms with Crippen LogP contribution in [0.1, 0.15) is 86.3 Å². The van der Waals surface area contributed by atoms with Gasteiger partial charge in [-0.15, -0.1) is 39.7 Å². The summed E-state index contributed by atoms with van der Waals surface area (Å²) in [4.78, 5) is 0. The van der Waals surface area contributed by atoms with E-state index in [-0.39, 0.29) is 0 Å². The van der Waals surface area contributed by atoms with Gasteiger partial charge in [-0.25, -0.2) is 6.08 Å². The summed E-state index contributed by atoms with van der Waals surface area (Å²) in [5.74, 6) is 4.68. The second-order valence-corrected chi connectivity index (χ2v) is 16.8. The van der Waals surface area contributed by atoms with E-state index in [1.807, 2.05) is 0 Å². The molecule has 4 aromatic rings. The van der Waals surface area contributed by atoms with Crippen LogP contribution >= 0.6 is 0 Å². The average Bonchev–Trinajstić information content (AvgIpc) is 3.56. The molecule has 4 saturated carbocycles. The van der Waals surface area contributed by atoms with Crippen molar-refractivity contribution in [3.8, 4) is 0 Å². The Balaban J connectivity index is 0.000000122. The molecule has 226 valence electrons. The number of aryl methyl sites for hydroxylation is 5. The molecule has 0 N–H and O–H groups in total. The maximum Gasteiger partial charge on any atom is -0.0408 e. The van der Waals surface area contributed by atoms with E-state index >= 15 is 0 Å². The normalized spacial score (nSPS) is 28.0. The third-order valence-electron chi connectivity index (χ3n) is 11.8. The van der Waals surface area contributed by atoms with Crippen molar-refractivity contribution >= 4 is 24.8 Å². The molecular weight excluding hydrogens is 608 g/mol. The summed E-state index contributed by atoms with van der Waals surface area (Å²) in [6, 6.07) is 20.2. The number of benzene rings is 3. The van der Waals surface area contributed by atoms with Crippen LogP contribution in [0.25, 0.3) is 21.5 Å². The Morgan fingerprint density at radius 3 is 1.66 bits per heavy atom. The van der Waals surface area contributed by atoms with E-state index in [2.05, 4.69) is 128 Å². The van der Waals surface area contributed by atoms with Gasteiger partial charge in [0.15, 0.2) is 0 Å². The van der Waals surface area contributed by atoms with E-state index in [4.69, 9.17) is 0 Å². The molecule has 5 aliphatic rings. The third-order valence-corrected chi connectivity index (χ3v) is 12.5. The topological polar surface area (TPSA) is 0 Å². The Morgan fingerprint density at radius 2 is 1.23 bits per heavy atom. The van der Waals surface area contributed by atoms with E-state index in [9.17, 15) is 0 Å². The minimum Gasteiger partial charge on any atom is -0.126 e. The first-order chi connectivity index (χ1) is 20.9. The largest absolute Gasteiger partial charge is 0.126 e.